The molecule has 0 bridgehead atoms. The van der Waals surface area contributed by atoms with E-state index in [1.54, 1.807) is 0 Å². The van der Waals surface area contributed by atoms with Gasteiger partial charge in [-0.05, 0) is 122 Å². The highest BCUT2D eigenvalue weighted by molar-refractivity contribution is 5.70. The number of rotatable bonds is 47. The third kappa shape index (κ3) is 54.1. The van der Waals surface area contributed by atoms with Crippen molar-refractivity contribution in [2.75, 3.05) is 13.2 Å². The molecule has 5 heteroatoms. The lowest BCUT2D eigenvalue weighted by molar-refractivity contribution is -0.161. The van der Waals surface area contributed by atoms with Crippen LogP contribution < -0.4 is 0 Å². The van der Waals surface area contributed by atoms with Crippen LogP contribution in [0.15, 0.2) is 158 Å². The first kappa shape index (κ1) is 63.5. The predicted octanol–water partition coefficient (Wildman–Crippen LogP) is 18.4. The van der Waals surface area contributed by atoms with Crippen LogP contribution in [0.1, 0.15) is 206 Å². The van der Waals surface area contributed by atoms with Crippen molar-refractivity contribution in [2.24, 2.45) is 0 Å². The van der Waals surface area contributed by atoms with Gasteiger partial charge in [-0.1, -0.05) is 230 Å². The molecule has 0 aromatic carbocycles. The summed E-state index contributed by atoms with van der Waals surface area (Å²) in [6.45, 7) is 3.88. The summed E-state index contributed by atoms with van der Waals surface area (Å²) in [6.07, 6.45) is 87.7. The molecule has 380 valence electrons. The van der Waals surface area contributed by atoms with Gasteiger partial charge in [0.1, 0.15) is 6.61 Å². The fraction of sp³-hybridized carbons (Fsp3) is 0.556. The molecular weight excluding hydrogens is 837 g/mol. The number of ether oxygens (including phenoxy) is 2. The van der Waals surface area contributed by atoms with Crippen molar-refractivity contribution in [2.45, 2.75) is 213 Å². The summed E-state index contributed by atoms with van der Waals surface area (Å²) in [7, 11) is 0. The van der Waals surface area contributed by atoms with Crippen LogP contribution in [0, 0.1) is 0 Å². The van der Waals surface area contributed by atoms with Crippen molar-refractivity contribution in [3.8, 4) is 0 Å². The maximum Gasteiger partial charge on any atom is 0.306 e. The van der Waals surface area contributed by atoms with Gasteiger partial charge in [0.05, 0.1) is 6.61 Å². The van der Waals surface area contributed by atoms with Gasteiger partial charge in [0, 0.05) is 12.8 Å². The second kappa shape index (κ2) is 56.8. The molecule has 68 heavy (non-hydrogen) atoms. The minimum absolute atomic E-state index is 0.0874. The number of allylic oxidation sites excluding steroid dienone is 26. The molecule has 0 aromatic heterocycles. The SMILES string of the molecule is CC/C=C\C/C=C\C/C=C\C/C=C\C/C=C\C/C=C\C/C=C\C/C=C\C/C=C\C/C=C\CCCCCCCCC(=O)OC(CO)COC(=O)CCCCCCCCC/C=C\C/C=C\C/C=C\CC. The van der Waals surface area contributed by atoms with E-state index < -0.39 is 6.10 Å². The Labute approximate surface area is 418 Å². The zero-order valence-electron chi connectivity index (χ0n) is 43.3. The van der Waals surface area contributed by atoms with Crippen molar-refractivity contribution < 1.29 is 24.2 Å². The molecule has 0 aromatic rings. The third-order valence-corrected chi connectivity index (χ3v) is 10.8. The Kier molecular flexibility index (Phi) is 53.1. The van der Waals surface area contributed by atoms with Crippen LogP contribution in [0.4, 0.5) is 0 Å². The summed E-state index contributed by atoms with van der Waals surface area (Å²) in [5, 5.41) is 9.63. The van der Waals surface area contributed by atoms with Crippen molar-refractivity contribution in [3.05, 3.63) is 158 Å². The van der Waals surface area contributed by atoms with E-state index in [4.69, 9.17) is 9.47 Å². The molecule has 0 fully saturated rings. The summed E-state index contributed by atoms with van der Waals surface area (Å²) in [5.74, 6) is -0.631. The average Bonchev–Trinajstić information content (AvgIpc) is 3.34. The summed E-state index contributed by atoms with van der Waals surface area (Å²) in [6, 6.07) is 0. The first-order valence-corrected chi connectivity index (χ1v) is 27.0. The van der Waals surface area contributed by atoms with E-state index in [-0.39, 0.29) is 25.2 Å². The van der Waals surface area contributed by atoms with E-state index in [0.717, 1.165) is 141 Å². The topological polar surface area (TPSA) is 72.8 Å². The van der Waals surface area contributed by atoms with Gasteiger partial charge in [-0.2, -0.15) is 0 Å². The molecule has 0 radical (unpaired) electrons. The van der Waals surface area contributed by atoms with E-state index in [9.17, 15) is 14.7 Å². The van der Waals surface area contributed by atoms with Gasteiger partial charge in [0.25, 0.3) is 0 Å². The molecule has 0 rings (SSSR count). The van der Waals surface area contributed by atoms with Gasteiger partial charge in [0.15, 0.2) is 6.10 Å². The lowest BCUT2D eigenvalue weighted by atomic mass is 10.1. The minimum atomic E-state index is -0.797. The van der Waals surface area contributed by atoms with Gasteiger partial charge in [0.2, 0.25) is 0 Å². The zero-order valence-corrected chi connectivity index (χ0v) is 43.3. The summed E-state index contributed by atoms with van der Waals surface area (Å²) < 4.78 is 10.7. The molecule has 0 aliphatic carbocycles. The van der Waals surface area contributed by atoms with Crippen LogP contribution in [0.5, 0.6) is 0 Å². The van der Waals surface area contributed by atoms with E-state index in [2.05, 4.69) is 172 Å². The molecule has 0 heterocycles. The van der Waals surface area contributed by atoms with Crippen molar-refractivity contribution in [3.63, 3.8) is 0 Å². The Morgan fingerprint density at radius 2 is 0.588 bits per heavy atom. The molecule has 0 saturated carbocycles. The number of unbranched alkanes of at least 4 members (excludes halogenated alkanes) is 13. The van der Waals surface area contributed by atoms with Crippen molar-refractivity contribution in [1.82, 2.24) is 0 Å². The summed E-state index contributed by atoms with van der Waals surface area (Å²) >= 11 is 0. The molecule has 1 atom stereocenters. The second-order valence-electron chi connectivity index (χ2n) is 17.2. The smallest absolute Gasteiger partial charge is 0.306 e. The van der Waals surface area contributed by atoms with Crippen LogP contribution in [0.25, 0.3) is 0 Å². The molecule has 0 saturated heterocycles. The maximum absolute atomic E-state index is 12.3. The molecule has 1 N–H and O–H groups in total. The number of aliphatic hydroxyl groups excluding tert-OH is 1. The van der Waals surface area contributed by atoms with Crippen LogP contribution in [-0.4, -0.2) is 36.4 Å². The van der Waals surface area contributed by atoms with Gasteiger partial charge in [-0.25, -0.2) is 0 Å². The Bertz CT molecular complexity index is 1520. The Hall–Kier alpha value is -4.48. The first-order chi connectivity index (χ1) is 33.6. The number of hydrogen-bond acceptors (Lipinski definition) is 5. The molecule has 5 nitrogen and oxygen atoms in total. The maximum atomic E-state index is 12.3. The number of hydrogen-bond donors (Lipinski definition) is 1. The zero-order chi connectivity index (χ0) is 49.2. The first-order valence-electron chi connectivity index (χ1n) is 27.0. The molecular formula is C63H98O5. The molecule has 0 amide bonds. The van der Waals surface area contributed by atoms with E-state index in [0.29, 0.717) is 12.8 Å². The highest BCUT2D eigenvalue weighted by atomic mass is 16.6. The van der Waals surface area contributed by atoms with Crippen LogP contribution in [0.2, 0.25) is 0 Å². The molecule has 1 unspecified atom stereocenters. The molecule has 0 aliphatic heterocycles. The lowest BCUT2D eigenvalue weighted by Gasteiger charge is -2.15. The van der Waals surface area contributed by atoms with E-state index in [1.807, 2.05) is 0 Å². The monoisotopic (exact) mass is 935 g/mol. The highest BCUT2D eigenvalue weighted by Gasteiger charge is 2.16. The van der Waals surface area contributed by atoms with Gasteiger partial charge in [-0.3, -0.25) is 9.59 Å². The Morgan fingerprint density at radius 1 is 0.338 bits per heavy atom. The Balaban J connectivity index is 3.65. The standard InChI is InChI=1S/C63H98O5/c1-3-5-7-9-11-13-15-17-19-21-22-23-24-25-26-27-28-29-30-31-32-33-34-35-36-37-38-39-40-42-44-46-48-50-52-54-56-58-63(66)68-61(59-64)60-67-62(65)57-55-53-51-49-47-45-43-41-20-18-16-14-12-10-8-6-4-2/h5-8,11-14,17-20,22-23,25-26,28-29,31-32,34-35,37-38,40,42,61,64H,3-4,9-10,15-16,21,24,27,30,33,36,39,41,43-60H2,1-2H3/b7-5-,8-6-,13-11-,14-12-,19-17-,20-18-,23-22-,26-25-,29-28-,32-31-,35-34-,38-37-,42-40-. The quantitative estimate of drug-likeness (QED) is 0.0374. The van der Waals surface area contributed by atoms with E-state index in [1.165, 1.54) is 38.5 Å². The van der Waals surface area contributed by atoms with Gasteiger partial charge in [-0.15, -0.1) is 0 Å². The fourth-order valence-corrected chi connectivity index (χ4v) is 6.83. The lowest BCUT2D eigenvalue weighted by Crippen LogP contribution is -2.28. The summed E-state index contributed by atoms with van der Waals surface area (Å²) in [4.78, 5) is 24.5. The predicted molar refractivity (Wildman–Crippen MR) is 297 cm³/mol. The number of carbonyl (C=O) groups excluding carboxylic acids is 2. The Morgan fingerprint density at radius 3 is 0.882 bits per heavy atom. The highest BCUT2D eigenvalue weighted by Crippen LogP contribution is 2.13. The number of esters is 2. The average molecular weight is 935 g/mol. The van der Waals surface area contributed by atoms with Crippen molar-refractivity contribution in [1.29, 1.82) is 0 Å². The molecule has 0 spiro atoms. The number of aliphatic hydroxyl groups is 1. The minimum Gasteiger partial charge on any atom is -0.462 e. The number of carbonyl (C=O) groups is 2. The van der Waals surface area contributed by atoms with Crippen LogP contribution in [-0.2, 0) is 19.1 Å². The third-order valence-electron chi connectivity index (χ3n) is 10.8. The normalized spacial score (nSPS) is 13.5. The largest absolute Gasteiger partial charge is 0.462 e. The van der Waals surface area contributed by atoms with Gasteiger partial charge < -0.3 is 14.6 Å². The summed E-state index contributed by atoms with van der Waals surface area (Å²) in [5.41, 5.74) is 0. The van der Waals surface area contributed by atoms with Crippen LogP contribution >= 0.6 is 0 Å². The van der Waals surface area contributed by atoms with Gasteiger partial charge >= 0.3 is 11.9 Å². The van der Waals surface area contributed by atoms with Crippen molar-refractivity contribution >= 4 is 11.9 Å². The van der Waals surface area contributed by atoms with E-state index >= 15 is 0 Å². The van der Waals surface area contributed by atoms with Crippen LogP contribution in [0.3, 0.4) is 0 Å². The molecule has 0 aliphatic rings. The fourth-order valence-electron chi connectivity index (χ4n) is 6.83. The second-order valence-corrected chi connectivity index (χ2v) is 17.2.